The summed E-state index contributed by atoms with van der Waals surface area (Å²) in [6.07, 6.45) is 3.69. The number of methoxy groups -OCH3 is 1. The van der Waals surface area contributed by atoms with Gasteiger partial charge in [-0.2, -0.15) is 0 Å². The number of fused-ring (bicyclic) bond motifs is 1. The van der Waals surface area contributed by atoms with Crippen LogP contribution in [0.1, 0.15) is 19.8 Å². The van der Waals surface area contributed by atoms with Gasteiger partial charge in [0.25, 0.3) is 0 Å². The minimum Gasteiger partial charge on any atom is -0.497 e. The van der Waals surface area contributed by atoms with E-state index in [9.17, 15) is 4.21 Å². The largest absolute Gasteiger partial charge is 0.497 e. The van der Waals surface area contributed by atoms with Gasteiger partial charge in [-0.25, -0.2) is 18.9 Å². The fraction of sp³-hybridized carbons (Fsp3) is 0.529. The molecular weight excluding hydrogens is 340 g/mol. The molecule has 7 nitrogen and oxygen atoms in total. The molecular formula is C17H24N4O3S. The predicted molar refractivity (Wildman–Crippen MR) is 99.0 cm³/mol. The van der Waals surface area contributed by atoms with Gasteiger partial charge in [-0.1, -0.05) is 6.92 Å². The van der Waals surface area contributed by atoms with E-state index in [2.05, 4.69) is 26.5 Å². The predicted octanol–water partition coefficient (Wildman–Crippen LogP) is 2.22. The summed E-state index contributed by atoms with van der Waals surface area (Å²) >= 11 is -1.94. The number of rotatable bonds is 6. The highest BCUT2D eigenvalue weighted by atomic mass is 32.2. The summed E-state index contributed by atoms with van der Waals surface area (Å²) in [7, 11) is 1.66. The Labute approximate surface area is 150 Å². The number of hydrogen-bond donors (Lipinski definition) is 2. The quantitative estimate of drug-likeness (QED) is 0.764. The lowest BCUT2D eigenvalue weighted by Crippen LogP contribution is -2.38. The molecule has 0 saturated carbocycles. The Morgan fingerprint density at radius 3 is 2.84 bits per heavy atom. The van der Waals surface area contributed by atoms with Gasteiger partial charge in [0, 0.05) is 25.0 Å². The van der Waals surface area contributed by atoms with Crippen LogP contribution in [0.25, 0.3) is 10.9 Å². The Morgan fingerprint density at radius 1 is 1.40 bits per heavy atom. The number of hydrogen-bond acceptors (Lipinski definition) is 5. The van der Waals surface area contributed by atoms with Crippen LogP contribution in [0.15, 0.2) is 24.5 Å². The lowest BCUT2D eigenvalue weighted by Gasteiger charge is -2.35. The smallest absolute Gasteiger partial charge is 0.231 e. The molecule has 0 aliphatic carbocycles. The average molecular weight is 364 g/mol. The second-order valence-corrected chi connectivity index (χ2v) is 7.27. The van der Waals surface area contributed by atoms with Gasteiger partial charge in [0.1, 0.15) is 17.9 Å². The molecule has 1 aromatic heterocycles. The minimum atomic E-state index is -1.94. The van der Waals surface area contributed by atoms with Gasteiger partial charge in [0.2, 0.25) is 11.3 Å². The van der Waals surface area contributed by atoms with E-state index in [1.165, 1.54) is 0 Å². The van der Waals surface area contributed by atoms with Crippen molar-refractivity contribution in [2.45, 2.75) is 19.8 Å². The maximum Gasteiger partial charge on any atom is 0.231 e. The highest BCUT2D eigenvalue weighted by molar-refractivity contribution is 7.77. The second-order valence-electron chi connectivity index (χ2n) is 6.48. The molecule has 2 heterocycles. The molecule has 136 valence electrons. The zero-order valence-corrected chi connectivity index (χ0v) is 15.3. The molecule has 1 saturated heterocycles. The molecule has 2 aromatic rings. The van der Waals surface area contributed by atoms with Gasteiger partial charge in [0.05, 0.1) is 12.6 Å². The van der Waals surface area contributed by atoms with Crippen molar-refractivity contribution in [3.8, 4) is 5.75 Å². The molecule has 0 amide bonds. The molecule has 1 aliphatic heterocycles. The van der Waals surface area contributed by atoms with Crippen LogP contribution in [0.2, 0.25) is 0 Å². The van der Waals surface area contributed by atoms with Gasteiger partial charge in [-0.05, 0) is 42.9 Å². The number of nitrogens with one attached hydrogen (secondary N) is 1. The third kappa shape index (κ3) is 4.26. The third-order valence-corrected chi connectivity index (χ3v) is 5.41. The van der Waals surface area contributed by atoms with Gasteiger partial charge < -0.3 is 9.64 Å². The van der Waals surface area contributed by atoms with E-state index in [1.807, 2.05) is 18.2 Å². The maximum atomic E-state index is 10.8. The first kappa shape index (κ1) is 18.0. The molecule has 1 aliphatic rings. The summed E-state index contributed by atoms with van der Waals surface area (Å²) in [5.74, 6) is 2.65. The third-order valence-electron chi connectivity index (χ3n) is 4.99. The summed E-state index contributed by atoms with van der Waals surface area (Å²) in [6, 6.07) is 5.85. The summed E-state index contributed by atoms with van der Waals surface area (Å²) in [4.78, 5) is 11.1. The number of anilines is 1. The van der Waals surface area contributed by atoms with Crippen molar-refractivity contribution in [2.75, 3.05) is 31.6 Å². The number of piperidine rings is 1. The average Bonchev–Trinajstić information content (AvgIpc) is 2.65. The zero-order valence-electron chi connectivity index (χ0n) is 14.5. The van der Waals surface area contributed by atoms with Gasteiger partial charge >= 0.3 is 0 Å². The molecule has 2 N–H and O–H groups in total. The van der Waals surface area contributed by atoms with Crippen molar-refractivity contribution in [3.05, 3.63) is 24.5 Å². The molecule has 1 aromatic carbocycles. The lowest BCUT2D eigenvalue weighted by molar-refractivity contribution is 0.292. The lowest BCUT2D eigenvalue weighted by atomic mass is 9.85. The first-order chi connectivity index (χ1) is 12.1. The van der Waals surface area contributed by atoms with Crippen LogP contribution in [0, 0.1) is 11.8 Å². The van der Waals surface area contributed by atoms with Crippen LogP contribution in [0.5, 0.6) is 5.75 Å². The summed E-state index contributed by atoms with van der Waals surface area (Å²) in [5.41, 5.74) is 0.913. The molecule has 0 spiro atoms. The van der Waals surface area contributed by atoms with E-state index in [0.717, 1.165) is 48.4 Å². The second kappa shape index (κ2) is 8.07. The van der Waals surface area contributed by atoms with Crippen molar-refractivity contribution in [2.24, 2.45) is 11.8 Å². The van der Waals surface area contributed by atoms with Gasteiger partial charge in [0.15, 0.2) is 0 Å². The highest BCUT2D eigenvalue weighted by Crippen LogP contribution is 2.31. The van der Waals surface area contributed by atoms with E-state index < -0.39 is 11.3 Å². The topological polar surface area (TPSA) is 87.6 Å². The van der Waals surface area contributed by atoms with Crippen molar-refractivity contribution < 1.29 is 13.5 Å². The first-order valence-electron chi connectivity index (χ1n) is 8.46. The van der Waals surface area contributed by atoms with Crippen LogP contribution < -0.4 is 14.4 Å². The molecule has 2 unspecified atom stereocenters. The van der Waals surface area contributed by atoms with E-state index in [-0.39, 0.29) is 0 Å². The van der Waals surface area contributed by atoms with Crippen molar-refractivity contribution in [3.63, 3.8) is 0 Å². The fourth-order valence-electron chi connectivity index (χ4n) is 3.45. The monoisotopic (exact) mass is 364 g/mol. The van der Waals surface area contributed by atoms with Crippen molar-refractivity contribution >= 4 is 28.0 Å². The van der Waals surface area contributed by atoms with E-state index in [4.69, 9.17) is 9.29 Å². The molecule has 0 radical (unpaired) electrons. The van der Waals surface area contributed by atoms with E-state index >= 15 is 0 Å². The van der Waals surface area contributed by atoms with Crippen molar-refractivity contribution in [1.82, 2.24) is 14.7 Å². The Bertz CT molecular complexity index is 750. The minimum absolute atomic E-state index is 0.362. The number of benzene rings is 1. The first-order valence-corrected chi connectivity index (χ1v) is 9.57. The standard InChI is InChI=1S/C17H24N4O3S/c1-12(10-20-25(22)23)13-5-7-21(8-6-13)17-15-9-14(24-2)3-4-16(15)18-11-19-17/h3-4,9,11-13,20H,5-8,10H2,1-2H3,(H,22,23). The molecule has 25 heavy (non-hydrogen) atoms. The number of nitrogens with zero attached hydrogens (tertiary/aromatic N) is 3. The van der Waals surface area contributed by atoms with Crippen LogP contribution >= 0.6 is 0 Å². The van der Waals surface area contributed by atoms with Gasteiger partial charge in [-0.3, -0.25) is 4.55 Å². The highest BCUT2D eigenvalue weighted by Gasteiger charge is 2.25. The van der Waals surface area contributed by atoms with Gasteiger partial charge in [-0.15, -0.1) is 0 Å². The Balaban J connectivity index is 1.70. The van der Waals surface area contributed by atoms with E-state index in [1.54, 1.807) is 13.4 Å². The van der Waals surface area contributed by atoms with Crippen LogP contribution in [-0.2, 0) is 11.3 Å². The van der Waals surface area contributed by atoms with E-state index in [0.29, 0.717) is 18.4 Å². The molecule has 3 rings (SSSR count). The van der Waals surface area contributed by atoms with Crippen LogP contribution in [-0.4, -0.2) is 45.5 Å². The SMILES string of the molecule is COc1ccc2ncnc(N3CCC(C(C)CNS(=O)O)CC3)c2c1. The van der Waals surface area contributed by atoms with Crippen LogP contribution in [0.4, 0.5) is 5.82 Å². The van der Waals surface area contributed by atoms with Crippen LogP contribution in [0.3, 0.4) is 0 Å². The zero-order chi connectivity index (χ0) is 17.8. The Hall–Kier alpha value is -1.77. The fourth-order valence-corrected chi connectivity index (χ4v) is 3.86. The summed E-state index contributed by atoms with van der Waals surface area (Å²) in [5, 5.41) is 1.01. The summed E-state index contributed by atoms with van der Waals surface area (Å²) < 4.78 is 27.6. The van der Waals surface area contributed by atoms with Crippen molar-refractivity contribution in [1.29, 1.82) is 0 Å². The molecule has 8 heteroatoms. The number of aromatic nitrogens is 2. The Kier molecular flexibility index (Phi) is 5.82. The number of ether oxygens (including phenoxy) is 1. The normalized spacial score (nSPS) is 18.3. The Morgan fingerprint density at radius 2 is 2.16 bits per heavy atom. The molecule has 0 bridgehead atoms. The molecule has 2 atom stereocenters. The summed E-state index contributed by atoms with van der Waals surface area (Å²) in [6.45, 7) is 4.52. The molecule has 1 fully saturated rings. The maximum absolute atomic E-state index is 10.8.